The minimum absolute atomic E-state index is 0.226. The zero-order chi connectivity index (χ0) is 19.5. The van der Waals surface area contributed by atoms with Crippen LogP contribution < -0.4 is 10.1 Å². The van der Waals surface area contributed by atoms with Crippen LogP contribution >= 0.6 is 11.6 Å². The van der Waals surface area contributed by atoms with Crippen LogP contribution in [0.25, 0.3) is 11.0 Å². The lowest BCUT2D eigenvalue weighted by Gasteiger charge is -2.09. The Hall–Kier alpha value is -3.24. The van der Waals surface area contributed by atoms with Gasteiger partial charge in [-0.05, 0) is 48.9 Å². The number of nitrogens with one attached hydrogen (secondary N) is 1. The van der Waals surface area contributed by atoms with Crippen molar-refractivity contribution >= 4 is 34.2 Å². The van der Waals surface area contributed by atoms with Gasteiger partial charge in [-0.3, -0.25) is 4.79 Å². The quantitative estimate of drug-likeness (QED) is 0.439. The van der Waals surface area contributed by atoms with Crippen molar-refractivity contribution in [1.29, 1.82) is 0 Å². The van der Waals surface area contributed by atoms with E-state index in [4.69, 9.17) is 20.8 Å². The van der Waals surface area contributed by atoms with E-state index in [-0.39, 0.29) is 18.3 Å². The summed E-state index contributed by atoms with van der Waals surface area (Å²) in [4.78, 5) is 13.0. The molecule has 4 rings (SSSR count). The summed E-state index contributed by atoms with van der Waals surface area (Å²) in [6, 6.07) is 22.3. The number of halogens is 1. The van der Waals surface area contributed by atoms with E-state index in [2.05, 4.69) is 5.32 Å². The Labute approximate surface area is 167 Å². The normalized spacial score (nSPS) is 10.8. The van der Waals surface area contributed by atoms with E-state index in [0.717, 1.165) is 16.7 Å². The highest BCUT2D eigenvalue weighted by Crippen LogP contribution is 2.29. The molecule has 0 fully saturated rings. The standard InChI is InChI=1S/C23H18ClNO3/c1-15-13-16(24)11-12-20(15)25-23(26)22-19(14-27-17-7-3-2-4-8-17)18-9-5-6-10-21(18)28-22/h2-13H,14H2,1H3,(H,25,26). The van der Waals surface area contributed by atoms with Crippen molar-refractivity contribution in [2.45, 2.75) is 13.5 Å². The van der Waals surface area contributed by atoms with Gasteiger partial charge < -0.3 is 14.5 Å². The molecule has 0 spiro atoms. The topological polar surface area (TPSA) is 51.5 Å². The number of carbonyl (C=O) groups is 1. The highest BCUT2D eigenvalue weighted by atomic mass is 35.5. The van der Waals surface area contributed by atoms with Crippen LogP contribution in [0.4, 0.5) is 5.69 Å². The first kappa shape index (κ1) is 18.1. The molecule has 1 amide bonds. The van der Waals surface area contributed by atoms with Crippen LogP contribution in [-0.2, 0) is 6.61 Å². The molecule has 4 nitrogen and oxygen atoms in total. The van der Waals surface area contributed by atoms with Gasteiger partial charge in [-0.2, -0.15) is 0 Å². The van der Waals surface area contributed by atoms with Crippen molar-refractivity contribution in [2.24, 2.45) is 0 Å². The van der Waals surface area contributed by atoms with Gasteiger partial charge in [-0.25, -0.2) is 0 Å². The Morgan fingerprint density at radius 3 is 2.57 bits per heavy atom. The van der Waals surface area contributed by atoms with Crippen molar-refractivity contribution in [1.82, 2.24) is 0 Å². The Balaban J connectivity index is 1.66. The molecule has 0 saturated carbocycles. The molecule has 140 valence electrons. The molecule has 0 radical (unpaired) electrons. The predicted octanol–water partition coefficient (Wildman–Crippen LogP) is 6.23. The van der Waals surface area contributed by atoms with Gasteiger partial charge in [-0.1, -0.05) is 48.0 Å². The lowest BCUT2D eigenvalue weighted by Crippen LogP contribution is -2.14. The second-order valence-electron chi connectivity index (χ2n) is 6.42. The van der Waals surface area contributed by atoms with Crippen molar-refractivity contribution in [3.63, 3.8) is 0 Å². The summed E-state index contributed by atoms with van der Waals surface area (Å²) in [5, 5.41) is 4.39. The molecule has 0 bridgehead atoms. The average molecular weight is 392 g/mol. The summed E-state index contributed by atoms with van der Waals surface area (Å²) in [6.45, 7) is 2.11. The second kappa shape index (κ2) is 7.79. The number of para-hydroxylation sites is 2. The summed E-state index contributed by atoms with van der Waals surface area (Å²) in [7, 11) is 0. The molecule has 0 aliphatic heterocycles. The Morgan fingerprint density at radius 2 is 1.79 bits per heavy atom. The Kier molecular flexibility index (Phi) is 5.04. The highest BCUT2D eigenvalue weighted by Gasteiger charge is 2.21. The molecule has 0 aliphatic carbocycles. The SMILES string of the molecule is Cc1cc(Cl)ccc1NC(=O)c1oc2ccccc2c1COc1ccccc1. The maximum atomic E-state index is 13.0. The van der Waals surface area contributed by atoms with Gasteiger partial charge >= 0.3 is 0 Å². The first-order chi connectivity index (χ1) is 13.6. The van der Waals surface area contributed by atoms with Gasteiger partial charge in [0.1, 0.15) is 17.9 Å². The molecule has 0 saturated heterocycles. The molecule has 1 heterocycles. The largest absolute Gasteiger partial charge is 0.489 e. The number of anilines is 1. The molecule has 3 aromatic carbocycles. The third-order valence-corrected chi connectivity index (χ3v) is 4.70. The number of hydrogen-bond acceptors (Lipinski definition) is 3. The Morgan fingerprint density at radius 1 is 1.04 bits per heavy atom. The molecule has 1 aromatic heterocycles. The van der Waals surface area contributed by atoms with Crippen molar-refractivity contribution < 1.29 is 13.9 Å². The molecule has 0 atom stereocenters. The zero-order valence-electron chi connectivity index (χ0n) is 15.2. The monoisotopic (exact) mass is 391 g/mol. The summed E-state index contributed by atoms with van der Waals surface area (Å²) in [5.41, 5.74) is 2.92. The molecule has 0 aliphatic rings. The molecule has 0 unspecified atom stereocenters. The number of furan rings is 1. The van der Waals surface area contributed by atoms with Crippen LogP contribution in [0.15, 0.2) is 77.2 Å². The summed E-state index contributed by atoms with van der Waals surface area (Å²) in [6.07, 6.45) is 0. The lowest BCUT2D eigenvalue weighted by atomic mass is 10.1. The second-order valence-corrected chi connectivity index (χ2v) is 6.86. The molecular formula is C23H18ClNO3. The molecule has 5 heteroatoms. The number of fused-ring (bicyclic) bond motifs is 1. The molecular weight excluding hydrogens is 374 g/mol. The van der Waals surface area contributed by atoms with E-state index in [1.54, 1.807) is 18.2 Å². The Bertz CT molecular complexity index is 1140. The number of amides is 1. The fraction of sp³-hybridized carbons (Fsp3) is 0.0870. The number of benzene rings is 3. The fourth-order valence-corrected chi connectivity index (χ4v) is 3.27. The number of hydrogen-bond donors (Lipinski definition) is 1. The first-order valence-corrected chi connectivity index (χ1v) is 9.25. The number of ether oxygens (including phenoxy) is 1. The van der Waals surface area contributed by atoms with E-state index >= 15 is 0 Å². The molecule has 1 N–H and O–H groups in total. The van der Waals surface area contributed by atoms with Crippen LogP contribution in [0.1, 0.15) is 21.7 Å². The fourth-order valence-electron chi connectivity index (χ4n) is 3.04. The number of carbonyl (C=O) groups excluding carboxylic acids is 1. The van der Waals surface area contributed by atoms with E-state index in [9.17, 15) is 4.79 Å². The van der Waals surface area contributed by atoms with E-state index in [1.807, 2.05) is 61.5 Å². The molecule has 4 aromatic rings. The van der Waals surface area contributed by atoms with Gasteiger partial charge in [0.2, 0.25) is 0 Å². The summed E-state index contributed by atoms with van der Waals surface area (Å²) >= 11 is 6.00. The number of aryl methyl sites for hydroxylation is 1. The average Bonchev–Trinajstić information content (AvgIpc) is 3.08. The van der Waals surface area contributed by atoms with E-state index in [0.29, 0.717) is 21.9 Å². The van der Waals surface area contributed by atoms with E-state index in [1.165, 1.54) is 0 Å². The minimum atomic E-state index is -0.326. The van der Waals surface area contributed by atoms with Gasteiger partial charge in [0, 0.05) is 21.7 Å². The van der Waals surface area contributed by atoms with Crippen LogP contribution in [0, 0.1) is 6.92 Å². The van der Waals surface area contributed by atoms with Gasteiger partial charge in [0.05, 0.1) is 0 Å². The van der Waals surface area contributed by atoms with Gasteiger partial charge in [0.25, 0.3) is 5.91 Å². The third-order valence-electron chi connectivity index (χ3n) is 4.47. The summed E-state index contributed by atoms with van der Waals surface area (Å²) in [5.74, 6) is 0.646. The van der Waals surface area contributed by atoms with Gasteiger partial charge in [0.15, 0.2) is 5.76 Å². The smallest absolute Gasteiger partial charge is 0.291 e. The predicted molar refractivity (Wildman–Crippen MR) is 111 cm³/mol. The van der Waals surface area contributed by atoms with Crippen molar-refractivity contribution in [2.75, 3.05) is 5.32 Å². The van der Waals surface area contributed by atoms with E-state index < -0.39 is 0 Å². The maximum absolute atomic E-state index is 13.0. The summed E-state index contributed by atoms with van der Waals surface area (Å²) < 4.78 is 11.7. The maximum Gasteiger partial charge on any atom is 0.291 e. The van der Waals surface area contributed by atoms with Crippen molar-refractivity contribution in [3.8, 4) is 5.75 Å². The van der Waals surface area contributed by atoms with Crippen LogP contribution in [-0.4, -0.2) is 5.91 Å². The van der Waals surface area contributed by atoms with Crippen LogP contribution in [0.2, 0.25) is 5.02 Å². The lowest BCUT2D eigenvalue weighted by molar-refractivity contribution is 0.0995. The van der Waals surface area contributed by atoms with Crippen LogP contribution in [0.3, 0.4) is 0 Å². The highest BCUT2D eigenvalue weighted by molar-refractivity contribution is 6.30. The van der Waals surface area contributed by atoms with Crippen molar-refractivity contribution in [3.05, 3.63) is 94.7 Å². The third kappa shape index (κ3) is 3.73. The first-order valence-electron chi connectivity index (χ1n) is 8.87. The van der Waals surface area contributed by atoms with Gasteiger partial charge in [-0.15, -0.1) is 0 Å². The zero-order valence-corrected chi connectivity index (χ0v) is 16.0. The number of rotatable bonds is 5. The molecule has 28 heavy (non-hydrogen) atoms. The minimum Gasteiger partial charge on any atom is -0.489 e. The van der Waals surface area contributed by atoms with Crippen LogP contribution in [0.5, 0.6) is 5.75 Å².